The van der Waals surface area contributed by atoms with E-state index in [9.17, 15) is 23.6 Å². The van der Waals surface area contributed by atoms with E-state index in [2.05, 4.69) is 16.0 Å². The zero-order chi connectivity index (χ0) is 39.6. The number of hydrogen-bond donors (Lipinski definition) is 3. The summed E-state index contributed by atoms with van der Waals surface area (Å²) in [6, 6.07) is 11.2. The second-order valence-electron chi connectivity index (χ2n) is 14.8. The first-order valence-electron chi connectivity index (χ1n) is 19.4. The van der Waals surface area contributed by atoms with Crippen LogP contribution in [-0.4, -0.2) is 101 Å². The van der Waals surface area contributed by atoms with Gasteiger partial charge in [0.05, 0.1) is 11.7 Å². The van der Waals surface area contributed by atoms with E-state index in [1.165, 1.54) is 17.1 Å². The van der Waals surface area contributed by atoms with E-state index >= 15 is 8.78 Å². The summed E-state index contributed by atoms with van der Waals surface area (Å²) in [4.78, 5) is 58.5. The van der Waals surface area contributed by atoms with Crippen LogP contribution in [0.5, 0.6) is 0 Å². The number of imide groups is 1. The Morgan fingerprint density at radius 1 is 1.02 bits per heavy atom. The molecule has 15 heteroatoms. The number of imidazole rings is 1. The highest BCUT2D eigenvalue weighted by Crippen LogP contribution is 2.38. The van der Waals surface area contributed by atoms with E-state index in [4.69, 9.17) is 9.72 Å². The Balaban J connectivity index is 1.21. The maximum atomic E-state index is 15.3. The molecule has 1 aromatic heterocycles. The van der Waals surface area contributed by atoms with E-state index in [1.807, 2.05) is 34.9 Å². The second kappa shape index (κ2) is 19.2. The molecular weight excluding hydrogens is 727 g/mol. The first kappa shape index (κ1) is 40.6. The molecule has 12 nitrogen and oxygen atoms in total. The largest absolute Gasteiger partial charge is 0.381 e. The lowest BCUT2D eigenvalue weighted by molar-refractivity contribution is -0.137. The third kappa shape index (κ3) is 10.4. The number of halogens is 3. The zero-order valence-corrected chi connectivity index (χ0v) is 31.6. The summed E-state index contributed by atoms with van der Waals surface area (Å²) in [5.74, 6) is -2.30. The summed E-state index contributed by atoms with van der Waals surface area (Å²) in [6.07, 6.45) is 6.20. The predicted octanol–water partition coefficient (Wildman–Crippen LogP) is 4.90. The number of nitrogens with zero attached hydrogens (tertiary/aromatic N) is 4. The van der Waals surface area contributed by atoms with Crippen LogP contribution in [0.4, 0.5) is 18.0 Å². The van der Waals surface area contributed by atoms with Gasteiger partial charge in [0.1, 0.15) is 23.6 Å². The number of ether oxygens (including phenoxy) is 1. The van der Waals surface area contributed by atoms with Gasteiger partial charge in [-0.3, -0.25) is 19.3 Å². The summed E-state index contributed by atoms with van der Waals surface area (Å²) in [5.41, 5.74) is 1.13. The van der Waals surface area contributed by atoms with Crippen LogP contribution in [0.2, 0.25) is 0 Å². The molecule has 0 aliphatic carbocycles. The van der Waals surface area contributed by atoms with Gasteiger partial charge >= 0.3 is 6.03 Å². The van der Waals surface area contributed by atoms with E-state index in [1.54, 1.807) is 18.0 Å². The quantitative estimate of drug-likeness (QED) is 0.131. The molecule has 56 heavy (non-hydrogen) atoms. The fourth-order valence-corrected chi connectivity index (χ4v) is 7.57. The summed E-state index contributed by atoms with van der Waals surface area (Å²) < 4.78 is 52.6. The smallest absolute Gasteiger partial charge is 0.318 e. The minimum atomic E-state index is -1.19. The lowest BCUT2D eigenvalue weighted by Crippen LogP contribution is -2.52. The van der Waals surface area contributed by atoms with E-state index in [-0.39, 0.29) is 61.0 Å². The number of nitrogens with one attached hydrogen (secondary N) is 3. The summed E-state index contributed by atoms with van der Waals surface area (Å²) in [6.45, 7) is 4.06. The van der Waals surface area contributed by atoms with Crippen LogP contribution < -0.4 is 16.0 Å². The Morgan fingerprint density at radius 3 is 2.48 bits per heavy atom. The van der Waals surface area contributed by atoms with Crippen LogP contribution in [0, 0.1) is 23.5 Å². The molecule has 300 valence electrons. The summed E-state index contributed by atoms with van der Waals surface area (Å²) in [5, 5.41) is 8.99. The van der Waals surface area contributed by atoms with Gasteiger partial charge in [-0.25, -0.2) is 22.9 Å². The van der Waals surface area contributed by atoms with Crippen LogP contribution in [0.25, 0.3) is 11.3 Å². The first-order chi connectivity index (χ1) is 27.1. The number of urea groups is 1. The average molecular weight is 778 g/mol. The number of aromatic nitrogens is 2. The van der Waals surface area contributed by atoms with Crippen molar-refractivity contribution in [3.05, 3.63) is 89.9 Å². The molecule has 3 aliphatic rings. The highest BCUT2D eigenvalue weighted by atomic mass is 19.1. The highest BCUT2D eigenvalue weighted by Gasteiger charge is 2.40. The number of carbonyl (C=O) groups is 4. The number of carbonyl (C=O) groups excluding carboxylic acids is 4. The van der Waals surface area contributed by atoms with Gasteiger partial charge in [-0.05, 0) is 62.3 Å². The topological polar surface area (TPSA) is 138 Å². The van der Waals surface area contributed by atoms with Gasteiger partial charge in [0.15, 0.2) is 0 Å². The van der Waals surface area contributed by atoms with Gasteiger partial charge in [0.2, 0.25) is 5.91 Å². The Hall–Kier alpha value is -5.02. The first-order valence-corrected chi connectivity index (χ1v) is 19.4. The SMILES string of the molecule is CC(CNC(=O)CCCCCN1C(=O)C=CC1=O)NC(=O)N(C[C@@H]1CNC[C@@H]1F)[C@@H](c1nc(-c2cc(F)ccc2F)cn1Cc1ccccc1)C1CCOCC1. The molecule has 0 radical (unpaired) electrons. The monoisotopic (exact) mass is 777 g/mol. The van der Waals surface area contributed by atoms with Gasteiger partial charge in [-0.15, -0.1) is 0 Å². The van der Waals surface area contributed by atoms with Crippen LogP contribution in [0.1, 0.15) is 62.9 Å². The highest BCUT2D eigenvalue weighted by molar-refractivity contribution is 6.12. The second-order valence-corrected chi connectivity index (χ2v) is 14.8. The number of benzene rings is 2. The lowest BCUT2D eigenvalue weighted by atomic mass is 9.89. The van der Waals surface area contributed by atoms with Crippen molar-refractivity contribution in [3.8, 4) is 11.3 Å². The molecule has 3 aromatic rings. The third-order valence-electron chi connectivity index (χ3n) is 10.6. The fraction of sp³-hybridized carbons (Fsp3) is 0.488. The lowest BCUT2D eigenvalue weighted by Gasteiger charge is -2.40. The Kier molecular flexibility index (Phi) is 13.9. The fourth-order valence-electron chi connectivity index (χ4n) is 7.57. The van der Waals surface area contributed by atoms with Gasteiger partial charge in [0, 0.05) is 94.8 Å². The molecular formula is C41H50F3N7O5. The van der Waals surface area contributed by atoms with E-state index < -0.39 is 41.8 Å². The van der Waals surface area contributed by atoms with Crippen molar-refractivity contribution in [2.75, 3.05) is 45.9 Å². The van der Waals surface area contributed by atoms with Gasteiger partial charge in [-0.2, -0.15) is 0 Å². The summed E-state index contributed by atoms with van der Waals surface area (Å²) in [7, 11) is 0. The average Bonchev–Trinajstić information content (AvgIpc) is 3.89. The molecule has 0 spiro atoms. The minimum Gasteiger partial charge on any atom is -0.381 e. The number of rotatable bonds is 17. The standard InChI is InChI=1S/C41H50F3N7O5/c1-27(21-46-36(52)10-6-3-7-17-50-37(53)13-14-38(50)54)47-41(55)51(25-30-22-45-23-34(30)44)39(29-15-18-56-19-16-29)40-48-35(32-20-31(42)11-12-33(32)43)26-49(40)24-28-8-4-2-5-9-28/h2,4-5,8-9,11-14,20,26-27,29-30,34,39,45H,3,6-7,10,15-19,21-25H2,1H3,(H,46,52)(H,47,55)/t27?,30-,34-,39+/m0/s1. The van der Waals surface area contributed by atoms with Gasteiger partial charge in [0.25, 0.3) is 11.8 Å². The normalized spacial score (nSPS) is 19.7. The van der Waals surface area contributed by atoms with Crippen molar-refractivity contribution in [1.82, 2.24) is 35.3 Å². The molecule has 1 unspecified atom stereocenters. The Bertz CT molecular complexity index is 1850. The summed E-state index contributed by atoms with van der Waals surface area (Å²) >= 11 is 0. The zero-order valence-electron chi connectivity index (χ0n) is 31.6. The molecule has 6 rings (SSSR count). The molecule has 0 bridgehead atoms. The van der Waals surface area contributed by atoms with E-state index in [0.717, 1.165) is 23.8 Å². The molecule has 4 heterocycles. The Morgan fingerprint density at radius 2 is 1.77 bits per heavy atom. The van der Waals surface area contributed by atoms with Crippen LogP contribution in [0.15, 0.2) is 66.9 Å². The number of amides is 5. The molecule has 2 aromatic carbocycles. The third-order valence-corrected chi connectivity index (χ3v) is 10.6. The van der Waals surface area contributed by atoms with Crippen LogP contribution in [-0.2, 0) is 25.7 Å². The predicted molar refractivity (Wildman–Crippen MR) is 203 cm³/mol. The molecule has 3 N–H and O–H groups in total. The van der Waals surface area contributed by atoms with Crippen molar-refractivity contribution < 1.29 is 37.1 Å². The van der Waals surface area contributed by atoms with Crippen LogP contribution >= 0.6 is 0 Å². The maximum Gasteiger partial charge on any atom is 0.318 e. The van der Waals surface area contributed by atoms with Gasteiger partial charge < -0.3 is 30.2 Å². The number of unbranched alkanes of at least 4 members (excludes halogenated alkanes) is 2. The molecule has 2 saturated heterocycles. The van der Waals surface area contributed by atoms with Crippen molar-refractivity contribution >= 4 is 23.8 Å². The van der Waals surface area contributed by atoms with Crippen molar-refractivity contribution in [3.63, 3.8) is 0 Å². The van der Waals surface area contributed by atoms with Crippen molar-refractivity contribution in [1.29, 1.82) is 0 Å². The Labute approximate surface area is 324 Å². The van der Waals surface area contributed by atoms with E-state index in [0.29, 0.717) is 70.8 Å². The molecule has 0 saturated carbocycles. The van der Waals surface area contributed by atoms with Crippen molar-refractivity contribution in [2.45, 2.75) is 70.2 Å². The number of hydrogen-bond acceptors (Lipinski definition) is 7. The molecule has 4 atom stereocenters. The molecule has 2 fully saturated rings. The molecule has 3 aliphatic heterocycles. The number of alkyl halides is 1. The maximum absolute atomic E-state index is 15.3. The van der Waals surface area contributed by atoms with Crippen LogP contribution in [0.3, 0.4) is 0 Å². The van der Waals surface area contributed by atoms with Gasteiger partial charge in [-0.1, -0.05) is 36.8 Å². The minimum absolute atomic E-state index is 0.0120. The van der Waals surface area contributed by atoms with Crippen molar-refractivity contribution in [2.24, 2.45) is 11.8 Å². The molecule has 5 amide bonds.